The fourth-order valence-corrected chi connectivity index (χ4v) is 6.06. The quantitative estimate of drug-likeness (QED) is 0.280. The number of hydrogen-bond acceptors (Lipinski definition) is 11. The standard InChI is InChI=1S/C30H33F3N10O5/c1-4-20-25(40-7-9-41(10-8-40)29(47)24-26(45)16(2)35-15-36-24)27(46)23-28(39-43(38-23)19-5-6-34-22(13-19)48-3)42(20)14-21(44)37-18-11-17(12-18)30(31,32)33/h5-6,13,15,17-18,45H,4,7-12,14H2,1-3H3,(H,37,44). The molecule has 0 radical (unpaired) electrons. The van der Waals surface area contributed by atoms with E-state index in [9.17, 15) is 32.7 Å². The molecular weight excluding hydrogens is 637 g/mol. The summed E-state index contributed by atoms with van der Waals surface area (Å²) < 4.78 is 45.9. The number of aryl methyl sites for hydroxylation is 1. The molecule has 4 aromatic heterocycles. The summed E-state index contributed by atoms with van der Waals surface area (Å²) in [6.45, 7) is 3.95. The number of halogens is 3. The van der Waals surface area contributed by atoms with Crippen molar-refractivity contribution in [2.75, 3.05) is 38.2 Å². The third-order valence-electron chi connectivity index (χ3n) is 8.73. The third kappa shape index (κ3) is 6.09. The van der Waals surface area contributed by atoms with Gasteiger partial charge < -0.3 is 29.5 Å². The Morgan fingerprint density at radius 2 is 1.83 bits per heavy atom. The highest BCUT2D eigenvalue weighted by Crippen LogP contribution is 2.41. The van der Waals surface area contributed by atoms with Gasteiger partial charge in [0.15, 0.2) is 22.6 Å². The molecule has 0 aromatic carbocycles. The van der Waals surface area contributed by atoms with Gasteiger partial charge in [0, 0.05) is 50.2 Å². The molecule has 48 heavy (non-hydrogen) atoms. The molecule has 2 N–H and O–H groups in total. The van der Waals surface area contributed by atoms with Crippen molar-refractivity contribution in [2.24, 2.45) is 5.92 Å². The minimum absolute atomic E-state index is 0.0218. The lowest BCUT2D eigenvalue weighted by molar-refractivity contribution is -0.199. The number of hydrogen-bond donors (Lipinski definition) is 2. The van der Waals surface area contributed by atoms with E-state index in [-0.39, 0.29) is 85.4 Å². The first-order chi connectivity index (χ1) is 22.9. The number of aromatic hydroxyl groups is 1. The number of carbonyl (C=O) groups excluding carboxylic acids is 2. The van der Waals surface area contributed by atoms with Crippen LogP contribution in [-0.4, -0.2) is 102 Å². The lowest BCUT2D eigenvalue weighted by Gasteiger charge is -2.37. The first-order valence-electron chi connectivity index (χ1n) is 15.3. The Hall–Kier alpha value is -5.29. The number of alkyl halides is 3. The molecule has 1 saturated heterocycles. The maximum atomic E-state index is 14.2. The number of ether oxygens (including phenoxy) is 1. The number of amides is 2. The molecule has 6 rings (SSSR count). The number of fused-ring (bicyclic) bond motifs is 1. The van der Waals surface area contributed by atoms with Crippen molar-refractivity contribution in [2.45, 2.75) is 51.9 Å². The summed E-state index contributed by atoms with van der Waals surface area (Å²) in [7, 11) is 1.45. The van der Waals surface area contributed by atoms with Gasteiger partial charge in [-0.3, -0.25) is 14.4 Å². The van der Waals surface area contributed by atoms with Crippen molar-refractivity contribution in [3.8, 4) is 17.3 Å². The van der Waals surface area contributed by atoms with Crippen LogP contribution in [0.15, 0.2) is 29.5 Å². The minimum Gasteiger partial charge on any atom is -0.504 e. The molecule has 0 unspecified atom stereocenters. The summed E-state index contributed by atoms with van der Waals surface area (Å²) in [5.41, 5.74) is 1.03. The predicted octanol–water partition coefficient (Wildman–Crippen LogP) is 1.77. The fourth-order valence-electron chi connectivity index (χ4n) is 6.06. The zero-order chi connectivity index (χ0) is 34.3. The average molecular weight is 671 g/mol. The summed E-state index contributed by atoms with van der Waals surface area (Å²) >= 11 is 0. The molecule has 18 heteroatoms. The van der Waals surface area contributed by atoms with Crippen molar-refractivity contribution in [3.63, 3.8) is 0 Å². The number of nitrogens with one attached hydrogen (secondary N) is 1. The molecule has 2 amide bonds. The van der Waals surface area contributed by atoms with Gasteiger partial charge in [0.25, 0.3) is 5.91 Å². The van der Waals surface area contributed by atoms with Gasteiger partial charge in [0.2, 0.25) is 17.2 Å². The average Bonchev–Trinajstić information content (AvgIpc) is 3.50. The van der Waals surface area contributed by atoms with Crippen molar-refractivity contribution >= 4 is 28.7 Å². The van der Waals surface area contributed by atoms with E-state index in [1.807, 2.05) is 11.8 Å². The number of rotatable bonds is 8. The van der Waals surface area contributed by atoms with Gasteiger partial charge in [0.05, 0.1) is 24.4 Å². The van der Waals surface area contributed by atoms with E-state index in [4.69, 9.17) is 4.74 Å². The van der Waals surface area contributed by atoms with Crippen LogP contribution in [0.2, 0.25) is 0 Å². The van der Waals surface area contributed by atoms with Crippen molar-refractivity contribution < 1.29 is 32.6 Å². The van der Waals surface area contributed by atoms with E-state index in [0.29, 0.717) is 17.8 Å². The number of pyridine rings is 2. The van der Waals surface area contributed by atoms with Crippen LogP contribution < -0.4 is 20.4 Å². The van der Waals surface area contributed by atoms with Crippen molar-refractivity contribution in [3.05, 3.63) is 52.0 Å². The second-order valence-electron chi connectivity index (χ2n) is 11.7. The Balaban J connectivity index is 1.34. The van der Waals surface area contributed by atoms with Crippen LogP contribution in [0, 0.1) is 12.8 Å². The van der Waals surface area contributed by atoms with E-state index in [0.717, 1.165) is 0 Å². The molecule has 0 spiro atoms. The van der Waals surface area contributed by atoms with E-state index >= 15 is 0 Å². The highest BCUT2D eigenvalue weighted by atomic mass is 19.4. The Bertz CT molecular complexity index is 1930. The number of nitrogens with zero attached hydrogens (tertiary/aromatic N) is 9. The Morgan fingerprint density at radius 1 is 1.10 bits per heavy atom. The van der Waals surface area contributed by atoms with Crippen LogP contribution in [0.3, 0.4) is 0 Å². The van der Waals surface area contributed by atoms with E-state index < -0.39 is 35.4 Å². The molecule has 0 bridgehead atoms. The van der Waals surface area contributed by atoms with Gasteiger partial charge in [0.1, 0.15) is 18.6 Å². The maximum Gasteiger partial charge on any atom is 0.391 e. The number of piperazine rings is 1. The molecule has 5 heterocycles. The monoisotopic (exact) mass is 670 g/mol. The smallest absolute Gasteiger partial charge is 0.391 e. The molecule has 2 aliphatic rings. The zero-order valence-electron chi connectivity index (χ0n) is 26.4. The summed E-state index contributed by atoms with van der Waals surface area (Å²) in [6, 6.07) is 2.57. The van der Waals surface area contributed by atoms with Crippen molar-refractivity contribution in [1.82, 2.24) is 44.7 Å². The summed E-state index contributed by atoms with van der Waals surface area (Å²) in [6.07, 6.45) is -1.72. The highest BCUT2D eigenvalue weighted by molar-refractivity contribution is 5.95. The molecule has 254 valence electrons. The van der Waals surface area contributed by atoms with Gasteiger partial charge in [-0.2, -0.15) is 13.2 Å². The summed E-state index contributed by atoms with van der Waals surface area (Å²) in [5, 5.41) is 22.1. The zero-order valence-corrected chi connectivity index (χ0v) is 26.4. The first-order valence-corrected chi connectivity index (χ1v) is 15.3. The molecular formula is C30H33F3N10O5. The van der Waals surface area contributed by atoms with Crippen LogP contribution in [-0.2, 0) is 17.8 Å². The first kappa shape index (κ1) is 32.6. The third-order valence-corrected chi connectivity index (χ3v) is 8.73. The predicted molar refractivity (Wildman–Crippen MR) is 164 cm³/mol. The molecule has 1 aliphatic heterocycles. The van der Waals surface area contributed by atoms with Gasteiger partial charge in [-0.1, -0.05) is 6.92 Å². The normalized spacial score (nSPS) is 18.1. The van der Waals surface area contributed by atoms with E-state index in [1.165, 1.54) is 29.3 Å². The molecule has 15 nitrogen and oxygen atoms in total. The number of anilines is 1. The minimum atomic E-state index is -4.31. The SMILES string of the molecule is CCc1c(N2CCN(C(=O)c3ncnc(C)c3O)CC2)c(=O)c2nn(-c3ccnc(OC)c3)nc2n1CC(=O)NC1CC(C(F)(F)F)C1. The molecule has 1 aliphatic carbocycles. The summed E-state index contributed by atoms with van der Waals surface area (Å²) in [5.74, 6) is -2.46. The highest BCUT2D eigenvalue weighted by Gasteiger charge is 2.48. The van der Waals surface area contributed by atoms with Crippen LogP contribution >= 0.6 is 0 Å². The number of aromatic nitrogens is 7. The van der Waals surface area contributed by atoms with E-state index in [1.54, 1.807) is 23.6 Å². The van der Waals surface area contributed by atoms with Gasteiger partial charge >= 0.3 is 6.18 Å². The summed E-state index contributed by atoms with van der Waals surface area (Å²) in [4.78, 5) is 57.1. The Morgan fingerprint density at radius 3 is 2.50 bits per heavy atom. The topological polar surface area (TPSA) is 173 Å². The van der Waals surface area contributed by atoms with Crippen LogP contribution in [0.25, 0.3) is 16.9 Å². The molecule has 2 fully saturated rings. The Kier molecular flexibility index (Phi) is 8.65. The lowest BCUT2D eigenvalue weighted by Crippen LogP contribution is -2.51. The second-order valence-corrected chi connectivity index (χ2v) is 11.7. The van der Waals surface area contributed by atoms with Gasteiger partial charge in [-0.05, 0) is 32.3 Å². The largest absolute Gasteiger partial charge is 0.504 e. The van der Waals surface area contributed by atoms with Crippen molar-refractivity contribution in [1.29, 1.82) is 0 Å². The van der Waals surface area contributed by atoms with Crippen LogP contribution in [0.5, 0.6) is 11.6 Å². The fraction of sp³-hybridized carbons (Fsp3) is 0.467. The maximum absolute atomic E-state index is 14.2. The van der Waals surface area contributed by atoms with Crippen LogP contribution in [0.4, 0.5) is 18.9 Å². The molecule has 0 atom stereocenters. The molecule has 4 aromatic rings. The molecule has 1 saturated carbocycles. The Labute approximate surface area is 271 Å². The van der Waals surface area contributed by atoms with Gasteiger partial charge in [-0.25, -0.2) is 15.0 Å². The van der Waals surface area contributed by atoms with Gasteiger partial charge in [-0.15, -0.1) is 15.0 Å². The van der Waals surface area contributed by atoms with E-state index in [2.05, 4.69) is 30.5 Å². The number of methoxy groups -OCH3 is 1. The second kappa shape index (κ2) is 12.7. The van der Waals surface area contributed by atoms with Crippen LogP contribution in [0.1, 0.15) is 41.6 Å². The lowest BCUT2D eigenvalue weighted by atomic mass is 9.80. The number of carbonyl (C=O) groups is 2.